The molecule has 0 radical (unpaired) electrons. The molecule has 1 atom stereocenters. The molecule has 0 saturated heterocycles. The minimum absolute atomic E-state index is 0. The maximum Gasteiger partial charge on any atom is 0.246 e. The normalized spacial score (nSPS) is 12.1. The van der Waals surface area contributed by atoms with E-state index < -0.39 is 0 Å². The zero-order valence-corrected chi connectivity index (χ0v) is 15.5. The standard InChI is InChI=1S/C15H28N4O3.ClH/c1-11(2)10-21-12(3)15-17-13(22-18-15)9-19(5)14(20)7-6-8-16-4;/h11-12,16H,6-10H2,1-5H3;1H. The fraction of sp³-hybridized carbons (Fsp3) is 0.800. The summed E-state index contributed by atoms with van der Waals surface area (Å²) in [6.07, 6.45) is 1.11. The number of rotatable bonds is 10. The van der Waals surface area contributed by atoms with Crippen molar-refractivity contribution >= 4 is 18.3 Å². The van der Waals surface area contributed by atoms with E-state index in [0.717, 1.165) is 13.0 Å². The van der Waals surface area contributed by atoms with E-state index in [9.17, 15) is 4.79 Å². The van der Waals surface area contributed by atoms with Gasteiger partial charge in [-0.05, 0) is 32.9 Å². The van der Waals surface area contributed by atoms with E-state index >= 15 is 0 Å². The van der Waals surface area contributed by atoms with Crippen molar-refractivity contribution in [3.05, 3.63) is 11.7 Å². The fourth-order valence-electron chi connectivity index (χ4n) is 1.81. The van der Waals surface area contributed by atoms with Crippen LogP contribution in [0.15, 0.2) is 4.52 Å². The number of nitrogens with one attached hydrogen (secondary N) is 1. The molecule has 1 N–H and O–H groups in total. The molecule has 1 unspecified atom stereocenters. The molecule has 23 heavy (non-hydrogen) atoms. The summed E-state index contributed by atoms with van der Waals surface area (Å²) < 4.78 is 10.8. The van der Waals surface area contributed by atoms with Gasteiger partial charge in [0.25, 0.3) is 0 Å². The van der Waals surface area contributed by atoms with Crippen LogP contribution < -0.4 is 5.32 Å². The number of hydrogen-bond acceptors (Lipinski definition) is 6. The second kappa shape index (κ2) is 11.4. The van der Waals surface area contributed by atoms with Gasteiger partial charge in [0.1, 0.15) is 6.10 Å². The summed E-state index contributed by atoms with van der Waals surface area (Å²) in [7, 11) is 3.61. The number of halogens is 1. The Morgan fingerprint density at radius 1 is 1.39 bits per heavy atom. The Labute approximate surface area is 144 Å². The summed E-state index contributed by atoms with van der Waals surface area (Å²) in [4.78, 5) is 17.8. The van der Waals surface area contributed by atoms with Gasteiger partial charge in [-0.3, -0.25) is 4.79 Å². The summed E-state index contributed by atoms with van der Waals surface area (Å²) >= 11 is 0. The van der Waals surface area contributed by atoms with Crippen LogP contribution in [-0.2, 0) is 16.1 Å². The van der Waals surface area contributed by atoms with Crippen LogP contribution in [0.5, 0.6) is 0 Å². The minimum Gasteiger partial charge on any atom is -0.370 e. The van der Waals surface area contributed by atoms with E-state index in [-0.39, 0.29) is 24.4 Å². The summed E-state index contributed by atoms with van der Waals surface area (Å²) in [5.41, 5.74) is 0. The highest BCUT2D eigenvalue weighted by Crippen LogP contribution is 2.15. The number of carbonyl (C=O) groups is 1. The highest BCUT2D eigenvalue weighted by atomic mass is 35.5. The van der Waals surface area contributed by atoms with E-state index in [0.29, 0.717) is 37.2 Å². The lowest BCUT2D eigenvalue weighted by Crippen LogP contribution is -2.27. The molecule has 1 heterocycles. The average molecular weight is 349 g/mol. The third kappa shape index (κ3) is 8.29. The second-order valence-corrected chi connectivity index (χ2v) is 5.87. The van der Waals surface area contributed by atoms with Crippen LogP contribution in [0.25, 0.3) is 0 Å². The van der Waals surface area contributed by atoms with Gasteiger partial charge in [-0.25, -0.2) is 0 Å². The minimum atomic E-state index is -0.212. The van der Waals surface area contributed by atoms with Gasteiger partial charge in [0, 0.05) is 20.1 Å². The van der Waals surface area contributed by atoms with Crippen molar-refractivity contribution < 1.29 is 14.1 Å². The highest BCUT2D eigenvalue weighted by molar-refractivity contribution is 5.85. The number of aromatic nitrogens is 2. The van der Waals surface area contributed by atoms with Crippen LogP contribution in [0, 0.1) is 5.92 Å². The largest absolute Gasteiger partial charge is 0.370 e. The Hall–Kier alpha value is -1.18. The summed E-state index contributed by atoms with van der Waals surface area (Å²) in [6, 6.07) is 0. The Kier molecular flexibility index (Phi) is 10.8. The van der Waals surface area contributed by atoms with Crippen LogP contribution in [0.2, 0.25) is 0 Å². The third-order valence-electron chi connectivity index (χ3n) is 3.14. The van der Waals surface area contributed by atoms with Gasteiger partial charge in [-0.2, -0.15) is 4.98 Å². The molecule has 0 aromatic carbocycles. The quantitative estimate of drug-likeness (QED) is 0.653. The van der Waals surface area contributed by atoms with Crippen LogP contribution in [0.4, 0.5) is 0 Å². The first-order valence-corrected chi connectivity index (χ1v) is 7.76. The number of amides is 1. The van der Waals surface area contributed by atoms with E-state index in [4.69, 9.17) is 9.26 Å². The molecule has 8 heteroatoms. The van der Waals surface area contributed by atoms with Gasteiger partial charge in [0.2, 0.25) is 11.8 Å². The molecule has 0 aliphatic carbocycles. The van der Waals surface area contributed by atoms with E-state index in [1.807, 2.05) is 14.0 Å². The molecule has 0 bridgehead atoms. The van der Waals surface area contributed by atoms with Crippen molar-refractivity contribution in [2.45, 2.75) is 46.3 Å². The monoisotopic (exact) mass is 348 g/mol. The number of nitrogens with zero attached hydrogens (tertiary/aromatic N) is 3. The molecule has 0 saturated carbocycles. The predicted octanol–water partition coefficient (Wildman–Crippen LogP) is 2.18. The SMILES string of the molecule is CNCCCC(=O)N(C)Cc1nc(C(C)OCC(C)C)no1.Cl. The Balaban J connectivity index is 0.00000484. The first-order valence-electron chi connectivity index (χ1n) is 7.76. The third-order valence-corrected chi connectivity index (χ3v) is 3.14. The Morgan fingerprint density at radius 3 is 2.70 bits per heavy atom. The highest BCUT2D eigenvalue weighted by Gasteiger charge is 2.17. The zero-order valence-electron chi connectivity index (χ0n) is 14.7. The summed E-state index contributed by atoms with van der Waals surface area (Å²) in [5.74, 6) is 1.47. The van der Waals surface area contributed by atoms with Crippen molar-refractivity contribution in [3.8, 4) is 0 Å². The van der Waals surface area contributed by atoms with Crippen molar-refractivity contribution in [1.29, 1.82) is 0 Å². The fourth-order valence-corrected chi connectivity index (χ4v) is 1.81. The first-order chi connectivity index (χ1) is 10.4. The molecule has 1 rings (SSSR count). The smallest absolute Gasteiger partial charge is 0.246 e. The Morgan fingerprint density at radius 2 is 2.09 bits per heavy atom. The lowest BCUT2D eigenvalue weighted by Gasteiger charge is -2.14. The van der Waals surface area contributed by atoms with Gasteiger partial charge >= 0.3 is 0 Å². The molecule has 1 aromatic rings. The average Bonchev–Trinajstić information content (AvgIpc) is 2.93. The number of ether oxygens (including phenoxy) is 1. The molecule has 0 spiro atoms. The zero-order chi connectivity index (χ0) is 16.5. The van der Waals surface area contributed by atoms with Crippen molar-refractivity contribution in [1.82, 2.24) is 20.4 Å². The van der Waals surface area contributed by atoms with Gasteiger partial charge in [0.15, 0.2) is 5.82 Å². The van der Waals surface area contributed by atoms with Gasteiger partial charge in [0.05, 0.1) is 6.54 Å². The maximum absolute atomic E-state index is 11.9. The lowest BCUT2D eigenvalue weighted by molar-refractivity contribution is -0.130. The molecule has 0 aliphatic rings. The summed E-state index contributed by atoms with van der Waals surface area (Å²) in [6.45, 7) is 7.86. The predicted molar refractivity (Wildman–Crippen MR) is 90.4 cm³/mol. The van der Waals surface area contributed by atoms with Crippen molar-refractivity contribution in [3.63, 3.8) is 0 Å². The van der Waals surface area contributed by atoms with Gasteiger partial charge in [-0.1, -0.05) is 19.0 Å². The molecular formula is C15H29ClN4O3. The van der Waals surface area contributed by atoms with E-state index in [2.05, 4.69) is 29.3 Å². The van der Waals surface area contributed by atoms with Gasteiger partial charge in [-0.15, -0.1) is 12.4 Å². The molecule has 1 aromatic heterocycles. The van der Waals surface area contributed by atoms with Crippen LogP contribution in [-0.4, -0.2) is 48.2 Å². The van der Waals surface area contributed by atoms with Crippen LogP contribution >= 0.6 is 12.4 Å². The number of carbonyl (C=O) groups excluding carboxylic acids is 1. The topological polar surface area (TPSA) is 80.5 Å². The molecule has 0 fully saturated rings. The maximum atomic E-state index is 11.9. The molecule has 1 amide bonds. The first kappa shape index (κ1) is 21.8. The van der Waals surface area contributed by atoms with Gasteiger partial charge < -0.3 is 19.5 Å². The molecular weight excluding hydrogens is 320 g/mol. The summed E-state index contributed by atoms with van der Waals surface area (Å²) in [5, 5.41) is 6.94. The van der Waals surface area contributed by atoms with Crippen molar-refractivity contribution in [2.24, 2.45) is 5.92 Å². The van der Waals surface area contributed by atoms with E-state index in [1.54, 1.807) is 11.9 Å². The molecule has 134 valence electrons. The molecule has 7 nitrogen and oxygen atoms in total. The van der Waals surface area contributed by atoms with E-state index in [1.165, 1.54) is 0 Å². The lowest BCUT2D eigenvalue weighted by atomic mass is 10.2. The van der Waals surface area contributed by atoms with Crippen molar-refractivity contribution in [2.75, 3.05) is 27.2 Å². The van der Waals surface area contributed by atoms with Crippen LogP contribution in [0.3, 0.4) is 0 Å². The number of hydrogen-bond donors (Lipinski definition) is 1. The Bertz CT molecular complexity index is 454. The van der Waals surface area contributed by atoms with Crippen LogP contribution in [0.1, 0.15) is 51.4 Å². The molecule has 0 aliphatic heterocycles. The second-order valence-electron chi connectivity index (χ2n) is 5.87.